The second-order valence-corrected chi connectivity index (χ2v) is 5.82. The van der Waals surface area contributed by atoms with Gasteiger partial charge in [0, 0.05) is 10.5 Å². The predicted octanol–water partition coefficient (Wildman–Crippen LogP) is 4.55. The summed E-state index contributed by atoms with van der Waals surface area (Å²) in [7, 11) is 0. The Morgan fingerprint density at radius 1 is 1.05 bits per heavy atom. The highest BCUT2D eigenvalue weighted by Crippen LogP contribution is 2.38. The van der Waals surface area contributed by atoms with Gasteiger partial charge in [0.15, 0.2) is 11.5 Å². The van der Waals surface area contributed by atoms with Crippen molar-refractivity contribution in [2.45, 2.75) is 40.7 Å². The molecular formula is C16H26BrNO2. The molecule has 0 heterocycles. The van der Waals surface area contributed by atoms with Gasteiger partial charge in [0.2, 0.25) is 0 Å². The summed E-state index contributed by atoms with van der Waals surface area (Å²) in [6.07, 6.45) is 0. The molecule has 1 aromatic carbocycles. The third-order valence-corrected chi connectivity index (χ3v) is 3.78. The summed E-state index contributed by atoms with van der Waals surface area (Å²) in [5.74, 6) is 2.11. The van der Waals surface area contributed by atoms with Gasteiger partial charge in [-0.3, -0.25) is 0 Å². The van der Waals surface area contributed by atoms with Crippen LogP contribution in [-0.2, 0) is 0 Å². The summed E-state index contributed by atoms with van der Waals surface area (Å²) >= 11 is 3.67. The van der Waals surface area contributed by atoms with Gasteiger partial charge in [-0.1, -0.05) is 36.7 Å². The molecule has 0 saturated carbocycles. The second-order valence-electron chi connectivity index (χ2n) is 4.97. The van der Waals surface area contributed by atoms with Crippen LogP contribution in [-0.4, -0.2) is 19.8 Å². The number of nitrogens with one attached hydrogen (secondary N) is 1. The molecular weight excluding hydrogens is 318 g/mol. The van der Waals surface area contributed by atoms with Gasteiger partial charge in [0.1, 0.15) is 0 Å². The molecule has 0 bridgehead atoms. The van der Waals surface area contributed by atoms with Gasteiger partial charge < -0.3 is 14.8 Å². The molecule has 0 amide bonds. The Bertz CT molecular complexity index is 421. The topological polar surface area (TPSA) is 30.5 Å². The lowest BCUT2D eigenvalue weighted by atomic mass is 9.95. The molecule has 0 saturated heterocycles. The van der Waals surface area contributed by atoms with E-state index in [1.807, 2.05) is 19.9 Å². The van der Waals surface area contributed by atoms with Gasteiger partial charge in [0.05, 0.1) is 13.2 Å². The summed E-state index contributed by atoms with van der Waals surface area (Å²) in [5.41, 5.74) is 1.22. The minimum absolute atomic E-state index is 0.296. The number of hydrogen-bond acceptors (Lipinski definition) is 3. The Hall–Kier alpha value is -0.740. The average molecular weight is 344 g/mol. The van der Waals surface area contributed by atoms with Crippen LogP contribution in [0.3, 0.4) is 0 Å². The van der Waals surface area contributed by atoms with E-state index in [1.165, 1.54) is 5.56 Å². The van der Waals surface area contributed by atoms with Crippen LogP contribution < -0.4 is 14.8 Å². The molecule has 0 radical (unpaired) electrons. The average Bonchev–Trinajstić information content (AvgIpc) is 2.39. The van der Waals surface area contributed by atoms with Gasteiger partial charge in [-0.05, 0) is 44.0 Å². The van der Waals surface area contributed by atoms with E-state index in [-0.39, 0.29) is 0 Å². The summed E-state index contributed by atoms with van der Waals surface area (Å²) in [5, 5.41) is 3.53. The van der Waals surface area contributed by atoms with Gasteiger partial charge in [0.25, 0.3) is 0 Å². The van der Waals surface area contributed by atoms with Crippen molar-refractivity contribution in [3.8, 4) is 11.5 Å². The number of hydrogen-bond donors (Lipinski definition) is 1. The predicted molar refractivity (Wildman–Crippen MR) is 87.7 cm³/mol. The molecule has 4 heteroatoms. The van der Waals surface area contributed by atoms with Crippen molar-refractivity contribution >= 4 is 15.9 Å². The van der Waals surface area contributed by atoms with Crippen molar-refractivity contribution in [1.82, 2.24) is 5.32 Å². The van der Waals surface area contributed by atoms with Crippen LogP contribution in [0.4, 0.5) is 0 Å². The minimum atomic E-state index is 0.296. The van der Waals surface area contributed by atoms with E-state index in [0.29, 0.717) is 25.2 Å². The van der Waals surface area contributed by atoms with Crippen LogP contribution in [0.25, 0.3) is 0 Å². The fraction of sp³-hybridized carbons (Fsp3) is 0.625. The second kappa shape index (κ2) is 8.53. The minimum Gasteiger partial charge on any atom is -0.490 e. The fourth-order valence-corrected chi connectivity index (χ4v) is 2.82. The molecule has 1 unspecified atom stereocenters. The van der Waals surface area contributed by atoms with E-state index >= 15 is 0 Å². The monoisotopic (exact) mass is 343 g/mol. The Balaban J connectivity index is 3.21. The maximum Gasteiger partial charge on any atom is 0.162 e. The molecule has 0 fully saturated rings. The highest BCUT2D eigenvalue weighted by molar-refractivity contribution is 9.10. The first-order valence-electron chi connectivity index (χ1n) is 7.37. The molecule has 3 nitrogen and oxygen atoms in total. The summed E-state index contributed by atoms with van der Waals surface area (Å²) in [6.45, 7) is 12.7. The van der Waals surface area contributed by atoms with Gasteiger partial charge >= 0.3 is 0 Å². The lowest BCUT2D eigenvalue weighted by molar-refractivity contribution is 0.286. The molecule has 0 aliphatic rings. The van der Waals surface area contributed by atoms with Crippen molar-refractivity contribution in [2.75, 3.05) is 19.8 Å². The van der Waals surface area contributed by atoms with Crippen molar-refractivity contribution in [2.24, 2.45) is 5.92 Å². The molecule has 0 spiro atoms. The van der Waals surface area contributed by atoms with E-state index < -0.39 is 0 Å². The Labute approximate surface area is 131 Å². The fourth-order valence-electron chi connectivity index (χ4n) is 2.25. The van der Waals surface area contributed by atoms with E-state index in [2.05, 4.69) is 48.1 Å². The first-order chi connectivity index (χ1) is 9.54. The highest BCUT2D eigenvalue weighted by Gasteiger charge is 2.20. The summed E-state index contributed by atoms with van der Waals surface area (Å²) in [4.78, 5) is 0. The van der Waals surface area contributed by atoms with Gasteiger partial charge in [-0.2, -0.15) is 0 Å². The van der Waals surface area contributed by atoms with E-state index in [4.69, 9.17) is 9.47 Å². The smallest absolute Gasteiger partial charge is 0.162 e. The van der Waals surface area contributed by atoms with Crippen molar-refractivity contribution in [3.05, 3.63) is 22.2 Å². The van der Waals surface area contributed by atoms with Crippen molar-refractivity contribution in [3.63, 3.8) is 0 Å². The largest absolute Gasteiger partial charge is 0.490 e. The van der Waals surface area contributed by atoms with Crippen molar-refractivity contribution < 1.29 is 9.47 Å². The van der Waals surface area contributed by atoms with Crippen LogP contribution in [0, 0.1) is 5.92 Å². The number of halogens is 1. The number of rotatable bonds is 8. The van der Waals surface area contributed by atoms with Crippen LogP contribution >= 0.6 is 15.9 Å². The maximum atomic E-state index is 5.72. The van der Waals surface area contributed by atoms with Crippen molar-refractivity contribution in [1.29, 1.82) is 0 Å². The SMILES string of the molecule is CCNC(c1cc(OCC)c(OCC)cc1Br)C(C)C. The first-order valence-corrected chi connectivity index (χ1v) is 8.16. The quantitative estimate of drug-likeness (QED) is 0.750. The zero-order valence-corrected chi connectivity index (χ0v) is 14.7. The standard InChI is InChI=1S/C16H26BrNO2/c1-6-18-16(11(4)5)12-9-14(19-7-2)15(20-8-3)10-13(12)17/h9-11,16,18H,6-8H2,1-5H3. The number of benzene rings is 1. The molecule has 1 aromatic rings. The number of ether oxygens (including phenoxy) is 2. The normalized spacial score (nSPS) is 12.6. The van der Waals surface area contributed by atoms with Crippen LogP contribution in [0.5, 0.6) is 11.5 Å². The Morgan fingerprint density at radius 2 is 1.60 bits per heavy atom. The maximum absolute atomic E-state index is 5.72. The molecule has 1 rings (SSSR count). The van der Waals surface area contributed by atoms with E-state index in [9.17, 15) is 0 Å². The summed E-state index contributed by atoms with van der Waals surface area (Å²) < 4.78 is 12.4. The zero-order chi connectivity index (χ0) is 15.1. The van der Waals surface area contributed by atoms with Gasteiger partial charge in [-0.25, -0.2) is 0 Å². The van der Waals surface area contributed by atoms with Crippen LogP contribution in [0.15, 0.2) is 16.6 Å². The van der Waals surface area contributed by atoms with Crippen LogP contribution in [0.2, 0.25) is 0 Å². The Morgan fingerprint density at radius 3 is 2.05 bits per heavy atom. The third-order valence-electron chi connectivity index (χ3n) is 3.09. The lowest BCUT2D eigenvalue weighted by Gasteiger charge is -2.25. The zero-order valence-electron chi connectivity index (χ0n) is 13.1. The van der Waals surface area contributed by atoms with E-state index in [0.717, 1.165) is 22.5 Å². The first kappa shape index (κ1) is 17.3. The third kappa shape index (κ3) is 4.38. The molecule has 114 valence electrons. The van der Waals surface area contributed by atoms with E-state index in [1.54, 1.807) is 0 Å². The molecule has 1 atom stereocenters. The molecule has 0 aromatic heterocycles. The lowest BCUT2D eigenvalue weighted by Crippen LogP contribution is -2.25. The highest BCUT2D eigenvalue weighted by atomic mass is 79.9. The molecule has 0 aliphatic heterocycles. The Kier molecular flexibility index (Phi) is 7.38. The molecule has 0 aliphatic carbocycles. The van der Waals surface area contributed by atoms with Gasteiger partial charge in [-0.15, -0.1) is 0 Å². The summed E-state index contributed by atoms with van der Waals surface area (Å²) in [6, 6.07) is 4.40. The molecule has 20 heavy (non-hydrogen) atoms. The molecule has 1 N–H and O–H groups in total. The van der Waals surface area contributed by atoms with Crippen LogP contribution in [0.1, 0.15) is 46.2 Å².